The molecule has 27 heavy (non-hydrogen) atoms. The molecule has 1 unspecified atom stereocenters. The number of aliphatic imine (C=N–C) groups is 2. The summed E-state index contributed by atoms with van der Waals surface area (Å²) in [6, 6.07) is 2.80. The lowest BCUT2D eigenvalue weighted by molar-refractivity contribution is -0.129. The Hall–Kier alpha value is -2.35. The van der Waals surface area contributed by atoms with E-state index >= 15 is 0 Å². The third-order valence-corrected chi connectivity index (χ3v) is 4.54. The number of nitrogens with one attached hydrogen (secondary N) is 1. The van der Waals surface area contributed by atoms with Gasteiger partial charge in [0.25, 0.3) is 6.43 Å². The average molecular weight is 380 g/mol. The Bertz CT molecular complexity index is 722. The highest BCUT2D eigenvalue weighted by Gasteiger charge is 2.29. The summed E-state index contributed by atoms with van der Waals surface area (Å²) in [5, 5.41) is 12.3. The van der Waals surface area contributed by atoms with Gasteiger partial charge < -0.3 is 15.3 Å². The number of hydrogen-bond acceptors (Lipinski definition) is 5. The second-order valence-electron chi connectivity index (χ2n) is 6.84. The second-order valence-corrected chi connectivity index (χ2v) is 6.84. The van der Waals surface area contributed by atoms with Crippen molar-refractivity contribution in [3.05, 3.63) is 17.7 Å². The molecule has 0 aromatic heterocycles. The monoisotopic (exact) mass is 380 g/mol. The van der Waals surface area contributed by atoms with Gasteiger partial charge in [0.05, 0.1) is 11.4 Å². The highest BCUT2D eigenvalue weighted by atomic mass is 19.3. The Labute approximate surface area is 158 Å². The Kier molecular flexibility index (Phi) is 7.01. The lowest BCUT2D eigenvalue weighted by Gasteiger charge is -2.39. The number of aliphatic hydroxyl groups excluding tert-OH is 1. The summed E-state index contributed by atoms with van der Waals surface area (Å²) < 4.78 is 26.7. The first-order valence-electron chi connectivity index (χ1n) is 8.92. The molecule has 2 rings (SSSR count). The number of nitrogens with zero attached hydrogens (tertiary/aromatic N) is 3. The van der Waals surface area contributed by atoms with Gasteiger partial charge in [-0.15, -0.1) is 0 Å². The van der Waals surface area contributed by atoms with E-state index in [0.717, 1.165) is 6.42 Å². The predicted octanol–water partition coefficient (Wildman–Crippen LogP) is 3.39. The third kappa shape index (κ3) is 4.88. The number of carbonyl (C=O) groups excluding carboxylic acids is 1. The summed E-state index contributed by atoms with van der Waals surface area (Å²) in [6.07, 6.45) is -1.54. The van der Waals surface area contributed by atoms with E-state index in [2.05, 4.69) is 22.0 Å². The van der Waals surface area contributed by atoms with Gasteiger partial charge >= 0.3 is 0 Å². The molecule has 1 amide bonds. The molecule has 148 valence electrons. The summed E-state index contributed by atoms with van der Waals surface area (Å²) in [5.41, 5.74) is 0.879. The van der Waals surface area contributed by atoms with Crippen LogP contribution in [0.2, 0.25) is 0 Å². The van der Waals surface area contributed by atoms with Gasteiger partial charge in [0.1, 0.15) is 11.8 Å². The van der Waals surface area contributed by atoms with Crippen LogP contribution in [0.4, 0.5) is 25.8 Å². The molecular weight excluding hydrogens is 354 g/mol. The third-order valence-electron chi connectivity index (χ3n) is 4.54. The molecule has 8 heteroatoms. The molecule has 1 aliphatic rings. The number of aliphatic hydroxyl groups is 1. The van der Waals surface area contributed by atoms with E-state index in [4.69, 9.17) is 0 Å². The van der Waals surface area contributed by atoms with Crippen LogP contribution >= 0.6 is 0 Å². The van der Waals surface area contributed by atoms with Crippen molar-refractivity contribution in [2.24, 2.45) is 15.9 Å². The van der Waals surface area contributed by atoms with E-state index in [0.29, 0.717) is 24.5 Å². The molecule has 2 N–H and O–H groups in total. The number of carbonyl (C=O) groups is 1. The summed E-state index contributed by atoms with van der Waals surface area (Å²) in [4.78, 5) is 21.9. The van der Waals surface area contributed by atoms with E-state index in [1.807, 2.05) is 11.8 Å². The number of hydrogen-bond donors (Lipinski definition) is 2. The molecule has 1 aromatic carbocycles. The zero-order valence-electron chi connectivity index (χ0n) is 15.8. The number of rotatable bonds is 6. The summed E-state index contributed by atoms with van der Waals surface area (Å²) in [5.74, 6) is -0.177. The van der Waals surface area contributed by atoms with Crippen LogP contribution in [0, 0.1) is 5.92 Å². The van der Waals surface area contributed by atoms with Gasteiger partial charge in [0, 0.05) is 30.9 Å². The average Bonchev–Trinajstić information content (AvgIpc) is 2.60. The van der Waals surface area contributed by atoms with Crippen LogP contribution in [0.3, 0.4) is 0 Å². The lowest BCUT2D eigenvalue weighted by atomic mass is 9.94. The Morgan fingerprint density at radius 1 is 1.41 bits per heavy atom. The summed E-state index contributed by atoms with van der Waals surface area (Å²) >= 11 is 0. The number of anilines is 1. The van der Waals surface area contributed by atoms with Crippen LogP contribution in [0.15, 0.2) is 22.1 Å². The first-order valence-corrected chi connectivity index (χ1v) is 8.92. The van der Waals surface area contributed by atoms with Crippen molar-refractivity contribution in [3.63, 3.8) is 0 Å². The minimum absolute atomic E-state index is 0.114. The van der Waals surface area contributed by atoms with Gasteiger partial charge in [0.15, 0.2) is 0 Å². The van der Waals surface area contributed by atoms with Crippen molar-refractivity contribution in [2.45, 2.75) is 45.8 Å². The quantitative estimate of drug-likeness (QED) is 0.743. The fourth-order valence-corrected chi connectivity index (χ4v) is 3.41. The molecule has 0 bridgehead atoms. The zero-order valence-corrected chi connectivity index (χ0v) is 15.8. The van der Waals surface area contributed by atoms with Crippen molar-refractivity contribution in [2.75, 3.05) is 18.0 Å². The molecular formula is C19H26F2N4O2. The van der Waals surface area contributed by atoms with Crippen molar-refractivity contribution in [3.8, 4) is 0 Å². The topological polar surface area (TPSA) is 77.3 Å². The lowest BCUT2D eigenvalue weighted by Crippen LogP contribution is -2.52. The number of piperidine rings is 1. The van der Waals surface area contributed by atoms with Gasteiger partial charge in [0.2, 0.25) is 5.91 Å². The normalized spacial score (nSPS) is 21.5. The zero-order chi connectivity index (χ0) is 20.1. The molecule has 0 saturated carbocycles. The van der Waals surface area contributed by atoms with E-state index in [1.54, 1.807) is 13.0 Å². The van der Waals surface area contributed by atoms with Crippen LogP contribution in [0.5, 0.6) is 0 Å². The van der Waals surface area contributed by atoms with Crippen LogP contribution in [-0.2, 0) is 4.79 Å². The SMILES string of the molecule is C=Nc1c(N2C[C@@H](C)C[C@@H](NC(=O)C(C)O)C2)ccc(C(F)F)c1/N=C\C. The Morgan fingerprint density at radius 3 is 2.67 bits per heavy atom. The Balaban J connectivity index is 2.39. The van der Waals surface area contributed by atoms with Crippen LogP contribution in [-0.4, -0.2) is 49.2 Å². The second kappa shape index (κ2) is 9.03. The molecule has 1 heterocycles. The van der Waals surface area contributed by atoms with Gasteiger partial charge in [-0.2, -0.15) is 0 Å². The number of alkyl halides is 2. The number of amides is 1. The molecule has 0 spiro atoms. The van der Waals surface area contributed by atoms with E-state index in [1.165, 1.54) is 19.2 Å². The van der Waals surface area contributed by atoms with Gasteiger partial charge in [-0.05, 0) is 45.0 Å². The Morgan fingerprint density at radius 2 is 2.11 bits per heavy atom. The van der Waals surface area contributed by atoms with Crippen LogP contribution < -0.4 is 10.2 Å². The molecule has 3 atom stereocenters. The summed E-state index contributed by atoms with van der Waals surface area (Å²) in [6.45, 7) is 9.82. The number of benzene rings is 1. The van der Waals surface area contributed by atoms with E-state index in [9.17, 15) is 18.7 Å². The smallest absolute Gasteiger partial charge is 0.266 e. The largest absolute Gasteiger partial charge is 0.384 e. The fraction of sp³-hybridized carbons (Fsp3) is 0.526. The minimum Gasteiger partial charge on any atom is -0.384 e. The van der Waals surface area contributed by atoms with Gasteiger partial charge in [-0.3, -0.25) is 14.8 Å². The van der Waals surface area contributed by atoms with Crippen molar-refractivity contribution in [1.29, 1.82) is 0 Å². The first kappa shape index (κ1) is 21.0. The van der Waals surface area contributed by atoms with Gasteiger partial charge in [-0.1, -0.05) is 6.92 Å². The van der Waals surface area contributed by atoms with Crippen LogP contribution in [0.1, 0.15) is 39.2 Å². The molecule has 1 fully saturated rings. The molecule has 1 aromatic rings. The molecule has 0 aliphatic carbocycles. The summed E-state index contributed by atoms with van der Waals surface area (Å²) in [7, 11) is 0. The fourth-order valence-electron chi connectivity index (χ4n) is 3.41. The molecule has 6 nitrogen and oxygen atoms in total. The highest BCUT2D eigenvalue weighted by molar-refractivity contribution is 5.85. The van der Waals surface area contributed by atoms with Crippen LogP contribution in [0.25, 0.3) is 0 Å². The van der Waals surface area contributed by atoms with Gasteiger partial charge in [-0.25, -0.2) is 8.78 Å². The number of halogens is 2. The molecule has 1 aliphatic heterocycles. The minimum atomic E-state index is -2.67. The van der Waals surface area contributed by atoms with Crippen molar-refractivity contribution < 1.29 is 18.7 Å². The maximum atomic E-state index is 13.4. The van der Waals surface area contributed by atoms with E-state index < -0.39 is 18.4 Å². The maximum Gasteiger partial charge on any atom is 0.266 e. The van der Waals surface area contributed by atoms with E-state index in [-0.39, 0.29) is 23.2 Å². The molecule has 0 radical (unpaired) electrons. The first-order chi connectivity index (χ1) is 12.8. The maximum absolute atomic E-state index is 13.4. The van der Waals surface area contributed by atoms with Crippen molar-refractivity contribution in [1.82, 2.24) is 5.32 Å². The standard InChI is InChI=1S/C19H26F2N4O2/c1-5-23-16-14(18(20)21)6-7-15(17(16)22-4)25-9-11(2)8-13(10-25)24-19(27)12(3)26/h5-7,11-13,18,26H,4,8-10H2,1-3H3,(H,24,27)/b23-5-/t11-,12?,13+/m0/s1. The molecule has 1 saturated heterocycles. The predicted molar refractivity (Wildman–Crippen MR) is 104 cm³/mol. The highest BCUT2D eigenvalue weighted by Crippen LogP contribution is 2.44. The van der Waals surface area contributed by atoms with Crippen molar-refractivity contribution >= 4 is 35.9 Å².